The number of para-hydroxylation sites is 1. The van der Waals surface area contributed by atoms with Crippen LogP contribution in [0.1, 0.15) is 48.8 Å². The summed E-state index contributed by atoms with van der Waals surface area (Å²) in [6.45, 7) is 9.59. The third-order valence-corrected chi connectivity index (χ3v) is 11.4. The molecule has 14 heteroatoms. The molecule has 6 rings (SSSR count). The van der Waals surface area contributed by atoms with Gasteiger partial charge in [0.25, 0.3) is 5.91 Å². The van der Waals surface area contributed by atoms with Crippen molar-refractivity contribution in [2.75, 3.05) is 70.5 Å². The fourth-order valence-corrected chi connectivity index (χ4v) is 8.22. The zero-order chi connectivity index (χ0) is 35.1. The van der Waals surface area contributed by atoms with Gasteiger partial charge in [-0.2, -0.15) is 13.2 Å². The van der Waals surface area contributed by atoms with Gasteiger partial charge in [0.2, 0.25) is 12.3 Å². The number of nitrogens with two attached hydrogens (primary N) is 1. The molecule has 0 bridgehead atoms. The number of hydrogen-bond donors (Lipinski definition) is 3. The summed E-state index contributed by atoms with van der Waals surface area (Å²) < 4.78 is 47.9. The number of fused-ring (bicyclic) bond motifs is 2. The number of benzene rings is 2. The average molecular weight is 750 g/mol. The standard InChI is InChI=1S/C35H44BrF3N6O4/c1-22(23-19-26(35(37,38)39)30(40)27(36)20-23)31(32(47)44-11-7-24(8-12-44)43-17-15-42(2)16-18-43)49-33(48)45-13-9-34(10-14-45)21-29(46)41-28-6-4-3-5-25(28)34/h3-6,19-20,24,31,33,48H,1,7-18,21,40H2,2H3,(H,41,46)/t31-,33?/m1/s1. The van der Waals surface area contributed by atoms with Crippen LogP contribution in [0.15, 0.2) is 47.4 Å². The highest BCUT2D eigenvalue weighted by atomic mass is 79.9. The summed E-state index contributed by atoms with van der Waals surface area (Å²) >= 11 is 3.14. The minimum absolute atomic E-state index is 0.0105. The topological polar surface area (TPSA) is 115 Å². The van der Waals surface area contributed by atoms with E-state index in [4.69, 9.17) is 10.5 Å². The fraction of sp³-hybridized carbons (Fsp3) is 0.543. The third-order valence-electron chi connectivity index (χ3n) is 10.8. The van der Waals surface area contributed by atoms with Crippen LogP contribution in [0.2, 0.25) is 0 Å². The lowest BCUT2D eigenvalue weighted by Crippen LogP contribution is -2.55. The number of anilines is 2. The van der Waals surface area contributed by atoms with Crippen molar-refractivity contribution in [3.05, 3.63) is 64.1 Å². The number of amides is 2. The molecule has 2 atom stereocenters. The average Bonchev–Trinajstić information content (AvgIpc) is 3.08. The predicted molar refractivity (Wildman–Crippen MR) is 184 cm³/mol. The highest BCUT2D eigenvalue weighted by molar-refractivity contribution is 9.10. The number of nitrogens with one attached hydrogen (secondary N) is 1. The van der Waals surface area contributed by atoms with Crippen LogP contribution in [-0.4, -0.2) is 114 Å². The molecule has 1 spiro atoms. The summed E-state index contributed by atoms with van der Waals surface area (Å²) in [6.07, 6.45) is -4.77. The number of nitrogen functional groups attached to an aromatic ring is 1. The van der Waals surface area contributed by atoms with Crippen LogP contribution in [0, 0.1) is 0 Å². The zero-order valence-corrected chi connectivity index (χ0v) is 29.2. The number of carbonyl (C=O) groups is 2. The van der Waals surface area contributed by atoms with E-state index in [1.165, 1.54) is 6.07 Å². The highest BCUT2D eigenvalue weighted by Gasteiger charge is 2.44. The Morgan fingerprint density at radius 3 is 2.39 bits per heavy atom. The quantitative estimate of drug-likeness (QED) is 0.283. The summed E-state index contributed by atoms with van der Waals surface area (Å²) in [4.78, 5) is 34.9. The van der Waals surface area contributed by atoms with E-state index in [1.807, 2.05) is 24.3 Å². The number of aliphatic hydroxyl groups excluding tert-OH is 1. The van der Waals surface area contributed by atoms with Crippen LogP contribution >= 0.6 is 15.9 Å². The molecule has 3 saturated heterocycles. The first kappa shape index (κ1) is 35.8. The Hall–Kier alpha value is -3.01. The van der Waals surface area contributed by atoms with Gasteiger partial charge < -0.3 is 30.7 Å². The number of piperazine rings is 1. The first-order valence-corrected chi connectivity index (χ1v) is 17.6. The number of alkyl halides is 3. The summed E-state index contributed by atoms with van der Waals surface area (Å²) in [5, 5.41) is 14.4. The highest BCUT2D eigenvalue weighted by Crippen LogP contribution is 2.45. The minimum atomic E-state index is -4.74. The minimum Gasteiger partial charge on any atom is -0.397 e. The van der Waals surface area contributed by atoms with Crippen molar-refractivity contribution < 1.29 is 32.6 Å². The van der Waals surface area contributed by atoms with Gasteiger partial charge in [0, 0.05) is 80.4 Å². The van der Waals surface area contributed by atoms with E-state index >= 15 is 0 Å². The molecule has 2 aromatic carbocycles. The summed E-state index contributed by atoms with van der Waals surface area (Å²) in [6, 6.07) is 10.3. The number of rotatable bonds is 7. The van der Waals surface area contributed by atoms with Gasteiger partial charge in [-0.25, -0.2) is 0 Å². The molecule has 266 valence electrons. The Morgan fingerprint density at radius 1 is 1.08 bits per heavy atom. The molecular formula is C35H44BrF3N6O4. The van der Waals surface area contributed by atoms with Gasteiger partial charge in [-0.15, -0.1) is 0 Å². The second-order valence-corrected chi connectivity index (χ2v) is 14.6. The Morgan fingerprint density at radius 2 is 1.73 bits per heavy atom. The van der Waals surface area contributed by atoms with Crippen molar-refractivity contribution in [1.82, 2.24) is 19.6 Å². The molecule has 1 unspecified atom stereocenters. The second kappa shape index (κ2) is 14.3. The van der Waals surface area contributed by atoms with Crippen LogP contribution in [-0.2, 0) is 25.9 Å². The smallest absolute Gasteiger partial charge is 0.397 e. The van der Waals surface area contributed by atoms with Crippen LogP contribution in [0.3, 0.4) is 0 Å². The van der Waals surface area contributed by atoms with Crippen molar-refractivity contribution in [2.24, 2.45) is 0 Å². The number of halogens is 4. The SMILES string of the molecule is C=C(c1cc(Br)c(N)c(C(F)(F)F)c1)[C@@H](OC(O)N1CCC2(CC1)CC(=O)Nc1ccccc12)C(=O)N1CCC(N2CCN(C)CC2)CC1. The summed E-state index contributed by atoms with van der Waals surface area (Å²) in [7, 11) is 2.10. The van der Waals surface area contributed by atoms with Crippen LogP contribution < -0.4 is 11.1 Å². The molecule has 2 aromatic rings. The normalized spacial score (nSPS) is 22.4. The Balaban J connectivity index is 1.20. The lowest BCUT2D eigenvalue weighted by atomic mass is 9.68. The first-order valence-electron chi connectivity index (χ1n) is 16.8. The number of likely N-dealkylation sites (tertiary alicyclic amines) is 2. The molecule has 0 saturated carbocycles. The van der Waals surface area contributed by atoms with Crippen molar-refractivity contribution in [3.8, 4) is 0 Å². The van der Waals surface area contributed by atoms with Crippen molar-refractivity contribution in [1.29, 1.82) is 0 Å². The van der Waals surface area contributed by atoms with E-state index in [9.17, 15) is 27.9 Å². The van der Waals surface area contributed by atoms with Crippen LogP contribution in [0.25, 0.3) is 5.57 Å². The van der Waals surface area contributed by atoms with E-state index in [-0.39, 0.29) is 21.5 Å². The number of likely N-dealkylation sites (N-methyl/N-ethyl adjacent to an activating group) is 1. The number of piperidine rings is 2. The number of hydrogen-bond acceptors (Lipinski definition) is 8. The van der Waals surface area contributed by atoms with Gasteiger partial charge in [-0.3, -0.25) is 19.4 Å². The monoisotopic (exact) mass is 748 g/mol. The van der Waals surface area contributed by atoms with Gasteiger partial charge in [-0.05, 0) is 83.6 Å². The van der Waals surface area contributed by atoms with Gasteiger partial charge in [0.15, 0.2) is 6.10 Å². The Bertz CT molecular complexity index is 1570. The van der Waals surface area contributed by atoms with Crippen LogP contribution in [0.4, 0.5) is 24.5 Å². The molecule has 0 aromatic heterocycles. The molecule has 10 nitrogen and oxygen atoms in total. The molecule has 4 heterocycles. The maximum absolute atomic E-state index is 14.2. The van der Waals surface area contributed by atoms with E-state index < -0.39 is 41.3 Å². The Labute approximate surface area is 293 Å². The van der Waals surface area contributed by atoms with Crippen molar-refractivity contribution >= 4 is 44.7 Å². The van der Waals surface area contributed by atoms with E-state index in [1.54, 1.807) is 9.80 Å². The van der Waals surface area contributed by atoms with Gasteiger partial charge in [-0.1, -0.05) is 24.8 Å². The number of nitrogens with zero attached hydrogens (tertiary/aromatic N) is 4. The van der Waals surface area contributed by atoms with E-state index in [2.05, 4.69) is 44.7 Å². The van der Waals surface area contributed by atoms with Crippen molar-refractivity contribution in [2.45, 2.75) is 62.3 Å². The lowest BCUT2D eigenvalue weighted by molar-refractivity contribution is -0.217. The number of aliphatic hydroxyl groups is 1. The van der Waals surface area contributed by atoms with Gasteiger partial charge >= 0.3 is 6.18 Å². The lowest BCUT2D eigenvalue weighted by Gasteiger charge is -2.46. The molecule has 4 aliphatic heterocycles. The van der Waals surface area contributed by atoms with E-state index in [0.29, 0.717) is 51.5 Å². The summed E-state index contributed by atoms with van der Waals surface area (Å²) in [5.74, 6) is -0.524. The largest absolute Gasteiger partial charge is 0.418 e. The van der Waals surface area contributed by atoms with Crippen molar-refractivity contribution in [3.63, 3.8) is 0 Å². The molecule has 3 fully saturated rings. The Kier molecular flexibility index (Phi) is 10.5. The maximum Gasteiger partial charge on any atom is 0.418 e. The molecule has 4 N–H and O–H groups in total. The van der Waals surface area contributed by atoms with Gasteiger partial charge in [0.1, 0.15) is 0 Å². The second-order valence-electron chi connectivity index (χ2n) is 13.8. The van der Waals surface area contributed by atoms with Crippen LogP contribution in [0.5, 0.6) is 0 Å². The maximum atomic E-state index is 14.2. The summed E-state index contributed by atoms with van der Waals surface area (Å²) in [5.41, 5.74) is 5.69. The molecular weight excluding hydrogens is 705 g/mol. The molecule has 4 aliphatic rings. The first-order chi connectivity index (χ1) is 23.3. The molecule has 0 aliphatic carbocycles. The molecule has 2 amide bonds. The predicted octanol–water partition coefficient (Wildman–Crippen LogP) is 4.34. The third kappa shape index (κ3) is 7.54. The molecule has 0 radical (unpaired) electrons. The van der Waals surface area contributed by atoms with Gasteiger partial charge in [0.05, 0.1) is 11.3 Å². The number of carbonyl (C=O) groups excluding carboxylic acids is 2. The fourth-order valence-electron chi connectivity index (χ4n) is 7.76. The molecule has 49 heavy (non-hydrogen) atoms. The zero-order valence-electron chi connectivity index (χ0n) is 27.6. The van der Waals surface area contributed by atoms with E-state index in [0.717, 1.165) is 56.3 Å². The number of ether oxygens (including phenoxy) is 1.